The molecule has 4 nitrogen and oxygen atoms in total. The van der Waals surface area contributed by atoms with Crippen LogP contribution in [0.15, 0.2) is 29.2 Å². The molecule has 1 aliphatic heterocycles. The van der Waals surface area contributed by atoms with E-state index in [1.165, 1.54) is 4.31 Å². The zero-order chi connectivity index (χ0) is 15.6. The van der Waals surface area contributed by atoms with Crippen molar-refractivity contribution in [2.24, 2.45) is 11.8 Å². The lowest BCUT2D eigenvalue weighted by molar-refractivity contribution is 0.0628. The molecule has 1 aromatic rings. The second-order valence-electron chi connectivity index (χ2n) is 6.44. The van der Waals surface area contributed by atoms with E-state index >= 15 is 0 Å². The number of aliphatic hydroxyl groups excluding tert-OH is 1. The summed E-state index contributed by atoms with van der Waals surface area (Å²) in [7, 11) is -3.44. The Hall–Kier alpha value is -0.910. The Balaban J connectivity index is 2.16. The van der Waals surface area contributed by atoms with Gasteiger partial charge in [-0.3, -0.25) is 0 Å². The van der Waals surface area contributed by atoms with E-state index in [1.807, 2.05) is 19.1 Å². The molecule has 1 saturated heterocycles. The summed E-state index contributed by atoms with van der Waals surface area (Å²) in [4.78, 5) is 0.346. The molecule has 5 heteroatoms. The fourth-order valence-electron chi connectivity index (χ4n) is 2.73. The highest BCUT2D eigenvalue weighted by atomic mass is 32.2. The topological polar surface area (TPSA) is 57.6 Å². The van der Waals surface area contributed by atoms with Crippen molar-refractivity contribution in [1.82, 2.24) is 4.31 Å². The van der Waals surface area contributed by atoms with Crippen molar-refractivity contribution in [2.75, 3.05) is 13.1 Å². The lowest BCUT2D eigenvalue weighted by Crippen LogP contribution is -2.44. The van der Waals surface area contributed by atoms with E-state index in [4.69, 9.17) is 0 Å². The third-order valence-electron chi connectivity index (χ3n) is 4.03. The summed E-state index contributed by atoms with van der Waals surface area (Å²) in [5.41, 5.74) is 1.16. The standard InChI is InChI=1S/C16H25NO3S/c1-12(2)10-14-4-6-15(7-5-14)21(19,20)17-9-8-16(18)13(3)11-17/h4-7,12-13,16,18H,8-11H2,1-3H3. The van der Waals surface area contributed by atoms with Crippen LogP contribution in [0, 0.1) is 11.8 Å². The maximum Gasteiger partial charge on any atom is 0.243 e. The minimum absolute atomic E-state index is 0.0197. The summed E-state index contributed by atoms with van der Waals surface area (Å²) in [6.45, 7) is 6.95. The Labute approximate surface area is 127 Å². The molecule has 1 N–H and O–H groups in total. The summed E-state index contributed by atoms with van der Waals surface area (Å²) in [5, 5.41) is 9.73. The summed E-state index contributed by atoms with van der Waals surface area (Å²) >= 11 is 0. The van der Waals surface area contributed by atoms with E-state index in [9.17, 15) is 13.5 Å². The maximum atomic E-state index is 12.6. The molecule has 1 fully saturated rings. The van der Waals surface area contributed by atoms with Gasteiger partial charge < -0.3 is 5.11 Å². The smallest absolute Gasteiger partial charge is 0.243 e. The number of piperidine rings is 1. The van der Waals surface area contributed by atoms with Crippen LogP contribution < -0.4 is 0 Å². The van der Waals surface area contributed by atoms with Crippen molar-refractivity contribution < 1.29 is 13.5 Å². The lowest BCUT2D eigenvalue weighted by atomic mass is 9.99. The molecule has 0 saturated carbocycles. The maximum absolute atomic E-state index is 12.6. The molecule has 0 bridgehead atoms. The van der Waals surface area contributed by atoms with Gasteiger partial charge in [-0.25, -0.2) is 8.42 Å². The van der Waals surface area contributed by atoms with Gasteiger partial charge in [0.05, 0.1) is 11.0 Å². The predicted molar refractivity (Wildman–Crippen MR) is 83.5 cm³/mol. The van der Waals surface area contributed by atoms with Crippen LogP contribution in [0.3, 0.4) is 0 Å². The number of aliphatic hydroxyl groups is 1. The van der Waals surface area contributed by atoms with Gasteiger partial charge in [-0.1, -0.05) is 32.9 Å². The van der Waals surface area contributed by atoms with Gasteiger partial charge in [0.15, 0.2) is 0 Å². The van der Waals surface area contributed by atoms with Crippen LogP contribution in [0.1, 0.15) is 32.8 Å². The van der Waals surface area contributed by atoms with E-state index in [0.717, 1.165) is 12.0 Å². The molecular weight excluding hydrogens is 286 g/mol. The highest BCUT2D eigenvalue weighted by molar-refractivity contribution is 7.89. The zero-order valence-corrected chi connectivity index (χ0v) is 13.8. The summed E-state index contributed by atoms with van der Waals surface area (Å²) in [5.74, 6) is 0.533. The first-order valence-electron chi connectivity index (χ1n) is 7.58. The molecule has 0 spiro atoms. The minimum Gasteiger partial charge on any atom is -0.393 e. The monoisotopic (exact) mass is 311 g/mol. The number of nitrogens with zero attached hydrogens (tertiary/aromatic N) is 1. The summed E-state index contributed by atoms with van der Waals surface area (Å²) in [6, 6.07) is 7.19. The van der Waals surface area contributed by atoms with Gasteiger partial charge in [0.2, 0.25) is 10.0 Å². The van der Waals surface area contributed by atoms with E-state index in [1.54, 1.807) is 12.1 Å². The molecule has 21 heavy (non-hydrogen) atoms. The van der Waals surface area contributed by atoms with Gasteiger partial charge in [0.1, 0.15) is 0 Å². The first kappa shape index (κ1) is 16.5. The number of hydrogen-bond acceptors (Lipinski definition) is 3. The number of hydrogen-bond donors (Lipinski definition) is 1. The van der Waals surface area contributed by atoms with Crippen molar-refractivity contribution in [3.8, 4) is 0 Å². The van der Waals surface area contributed by atoms with Gasteiger partial charge in [-0.2, -0.15) is 4.31 Å². The molecule has 1 heterocycles. The number of benzene rings is 1. The van der Waals surface area contributed by atoms with Crippen LogP contribution in [0.25, 0.3) is 0 Å². The summed E-state index contributed by atoms with van der Waals surface area (Å²) in [6.07, 6.45) is 1.06. The van der Waals surface area contributed by atoms with Crippen molar-refractivity contribution in [2.45, 2.75) is 44.6 Å². The quantitative estimate of drug-likeness (QED) is 0.928. The third kappa shape index (κ3) is 3.84. The van der Waals surface area contributed by atoms with Gasteiger partial charge in [-0.15, -0.1) is 0 Å². The average molecular weight is 311 g/mol. The van der Waals surface area contributed by atoms with Crippen LogP contribution in [0.5, 0.6) is 0 Å². The highest BCUT2D eigenvalue weighted by Crippen LogP contribution is 2.24. The van der Waals surface area contributed by atoms with Crippen LogP contribution in [-0.4, -0.2) is 37.0 Å². The molecule has 1 aromatic carbocycles. The molecule has 0 radical (unpaired) electrons. The lowest BCUT2D eigenvalue weighted by Gasteiger charge is -2.33. The normalized spacial score (nSPS) is 24.4. The van der Waals surface area contributed by atoms with Crippen LogP contribution in [0.2, 0.25) is 0 Å². The van der Waals surface area contributed by atoms with Crippen molar-refractivity contribution in [3.63, 3.8) is 0 Å². The largest absolute Gasteiger partial charge is 0.393 e. The number of sulfonamides is 1. The Kier molecular flexibility index (Phi) is 5.07. The van der Waals surface area contributed by atoms with Crippen molar-refractivity contribution >= 4 is 10.0 Å². The molecule has 2 unspecified atom stereocenters. The zero-order valence-electron chi connectivity index (χ0n) is 13.0. The molecule has 0 aliphatic carbocycles. The second-order valence-corrected chi connectivity index (χ2v) is 8.38. The predicted octanol–water partition coefficient (Wildman–Crippen LogP) is 2.28. The Bertz CT molecular complexity index is 566. The molecule has 0 aromatic heterocycles. The van der Waals surface area contributed by atoms with Crippen LogP contribution in [-0.2, 0) is 16.4 Å². The molecule has 2 atom stereocenters. The Morgan fingerprint density at radius 2 is 1.90 bits per heavy atom. The highest BCUT2D eigenvalue weighted by Gasteiger charge is 2.32. The molecule has 0 amide bonds. The minimum atomic E-state index is -3.44. The van der Waals surface area contributed by atoms with E-state index in [-0.39, 0.29) is 5.92 Å². The van der Waals surface area contributed by atoms with E-state index < -0.39 is 16.1 Å². The van der Waals surface area contributed by atoms with Crippen LogP contribution >= 0.6 is 0 Å². The second kappa shape index (κ2) is 6.46. The van der Waals surface area contributed by atoms with Gasteiger partial charge in [0.25, 0.3) is 0 Å². The first-order valence-corrected chi connectivity index (χ1v) is 9.02. The summed E-state index contributed by atoms with van der Waals surface area (Å²) < 4.78 is 26.7. The molecular formula is C16H25NO3S. The van der Waals surface area contributed by atoms with Crippen molar-refractivity contribution in [3.05, 3.63) is 29.8 Å². The molecule has 1 aliphatic rings. The Morgan fingerprint density at radius 3 is 2.43 bits per heavy atom. The molecule has 118 valence electrons. The van der Waals surface area contributed by atoms with Crippen molar-refractivity contribution in [1.29, 1.82) is 0 Å². The van der Waals surface area contributed by atoms with Crippen LogP contribution in [0.4, 0.5) is 0 Å². The first-order chi connectivity index (χ1) is 9.80. The number of rotatable bonds is 4. The third-order valence-corrected chi connectivity index (χ3v) is 5.91. The average Bonchev–Trinajstić information content (AvgIpc) is 2.41. The van der Waals surface area contributed by atoms with E-state index in [0.29, 0.717) is 30.3 Å². The van der Waals surface area contributed by atoms with Gasteiger partial charge in [0, 0.05) is 13.1 Å². The SMILES string of the molecule is CC(C)Cc1ccc(S(=O)(=O)N2CCC(O)C(C)C2)cc1. The van der Waals surface area contributed by atoms with E-state index in [2.05, 4.69) is 13.8 Å². The Morgan fingerprint density at radius 1 is 1.29 bits per heavy atom. The van der Waals surface area contributed by atoms with Gasteiger partial charge in [-0.05, 0) is 42.4 Å². The van der Waals surface area contributed by atoms with Gasteiger partial charge >= 0.3 is 0 Å². The molecule has 2 rings (SSSR count). The fraction of sp³-hybridized carbons (Fsp3) is 0.625. The fourth-order valence-corrected chi connectivity index (χ4v) is 4.29.